The Morgan fingerprint density at radius 2 is 1.31 bits per heavy atom. The molecular formula is C30H34N4O. The van der Waals surface area contributed by atoms with E-state index in [4.69, 9.17) is 9.72 Å². The monoisotopic (exact) mass is 466 g/mol. The van der Waals surface area contributed by atoms with Crippen LogP contribution in [0.5, 0.6) is 5.75 Å². The van der Waals surface area contributed by atoms with Crippen LogP contribution in [0.3, 0.4) is 0 Å². The van der Waals surface area contributed by atoms with E-state index in [1.807, 2.05) is 12.1 Å². The zero-order chi connectivity index (χ0) is 24.2. The van der Waals surface area contributed by atoms with Crippen LogP contribution in [0, 0.1) is 6.92 Å². The van der Waals surface area contributed by atoms with Gasteiger partial charge in [0.05, 0.1) is 24.9 Å². The number of rotatable bonds is 7. The van der Waals surface area contributed by atoms with E-state index in [1.54, 1.807) is 7.11 Å². The maximum absolute atomic E-state index is 5.29. The Balaban J connectivity index is 1.30. The van der Waals surface area contributed by atoms with Gasteiger partial charge in [0.25, 0.3) is 0 Å². The molecular weight excluding hydrogens is 432 g/mol. The lowest BCUT2D eigenvalue weighted by atomic mass is 9.96. The van der Waals surface area contributed by atoms with E-state index in [0.717, 1.165) is 54.7 Å². The summed E-state index contributed by atoms with van der Waals surface area (Å²) in [6.45, 7) is 8.48. The second-order valence-electron chi connectivity index (χ2n) is 9.30. The third-order valence-corrected chi connectivity index (χ3v) is 7.17. The molecule has 0 spiro atoms. The maximum atomic E-state index is 5.29. The number of nitrogens with zero attached hydrogens (tertiary/aromatic N) is 3. The Kier molecular flexibility index (Phi) is 6.98. The number of hydrogen-bond acceptors (Lipinski definition) is 4. The fourth-order valence-electron chi connectivity index (χ4n) is 5.21. The van der Waals surface area contributed by atoms with E-state index in [2.05, 4.69) is 101 Å². The van der Waals surface area contributed by atoms with Gasteiger partial charge in [0.15, 0.2) is 0 Å². The van der Waals surface area contributed by atoms with E-state index in [0.29, 0.717) is 0 Å². The van der Waals surface area contributed by atoms with Crippen molar-refractivity contribution in [2.45, 2.75) is 25.9 Å². The normalized spacial score (nSPS) is 15.9. The van der Waals surface area contributed by atoms with Crippen molar-refractivity contribution < 1.29 is 4.74 Å². The number of imidazole rings is 1. The van der Waals surface area contributed by atoms with Gasteiger partial charge in [-0.2, -0.15) is 0 Å². The molecule has 1 fully saturated rings. The van der Waals surface area contributed by atoms with Crippen molar-refractivity contribution in [3.63, 3.8) is 0 Å². The lowest BCUT2D eigenvalue weighted by molar-refractivity contribution is 0.0826. The minimum atomic E-state index is 0.257. The van der Waals surface area contributed by atoms with E-state index in [9.17, 15) is 0 Å². The predicted molar refractivity (Wildman–Crippen MR) is 142 cm³/mol. The summed E-state index contributed by atoms with van der Waals surface area (Å²) in [6.07, 6.45) is 0. The van der Waals surface area contributed by atoms with Gasteiger partial charge >= 0.3 is 0 Å². The van der Waals surface area contributed by atoms with Crippen LogP contribution < -0.4 is 4.74 Å². The van der Waals surface area contributed by atoms with Crippen molar-refractivity contribution in [3.05, 3.63) is 107 Å². The number of aromatic nitrogens is 2. The average Bonchev–Trinajstić information content (AvgIpc) is 3.31. The molecule has 0 saturated carbocycles. The first-order valence-electron chi connectivity index (χ1n) is 12.4. The van der Waals surface area contributed by atoms with Gasteiger partial charge in [0.2, 0.25) is 0 Å². The lowest BCUT2D eigenvalue weighted by Crippen LogP contribution is -2.48. The quantitative estimate of drug-likeness (QED) is 0.370. The molecule has 1 aromatic heterocycles. The van der Waals surface area contributed by atoms with E-state index >= 15 is 0 Å². The van der Waals surface area contributed by atoms with Gasteiger partial charge in [-0.05, 0) is 49.2 Å². The van der Waals surface area contributed by atoms with Gasteiger partial charge in [-0.1, -0.05) is 60.7 Å². The average molecular weight is 467 g/mol. The molecule has 180 valence electrons. The van der Waals surface area contributed by atoms with Gasteiger partial charge in [-0.3, -0.25) is 9.80 Å². The molecule has 1 aliphatic heterocycles. The molecule has 1 unspecified atom stereocenters. The zero-order valence-electron chi connectivity index (χ0n) is 20.8. The van der Waals surface area contributed by atoms with Gasteiger partial charge in [0.1, 0.15) is 11.6 Å². The number of H-pyrrole nitrogens is 1. The molecule has 2 heterocycles. The second-order valence-corrected chi connectivity index (χ2v) is 9.30. The van der Waals surface area contributed by atoms with E-state index in [-0.39, 0.29) is 12.1 Å². The number of aromatic amines is 1. The van der Waals surface area contributed by atoms with Crippen LogP contribution in [-0.2, 0) is 0 Å². The minimum Gasteiger partial charge on any atom is -0.497 e. The summed E-state index contributed by atoms with van der Waals surface area (Å²) < 4.78 is 5.29. The highest BCUT2D eigenvalue weighted by Crippen LogP contribution is 2.32. The standard InChI is InChI=1S/C30H34N4O/c1-22-28(32-30(31-22)26-14-16-27(35-3)17-15-26)23(2)33-18-20-34(21-19-33)29(24-10-6-4-7-11-24)25-12-8-5-9-13-25/h4-17,23,29H,18-21H2,1-3H3,(H,31,32). The molecule has 1 atom stereocenters. The largest absolute Gasteiger partial charge is 0.497 e. The molecule has 5 heteroatoms. The molecule has 1 aliphatic rings. The van der Waals surface area contributed by atoms with Crippen LogP contribution in [0.1, 0.15) is 41.5 Å². The predicted octanol–water partition coefficient (Wildman–Crippen LogP) is 5.86. The van der Waals surface area contributed by atoms with Gasteiger partial charge < -0.3 is 9.72 Å². The highest BCUT2D eigenvalue weighted by molar-refractivity contribution is 5.57. The molecule has 1 N–H and O–H groups in total. The van der Waals surface area contributed by atoms with Crippen molar-refractivity contribution in [1.29, 1.82) is 0 Å². The molecule has 0 radical (unpaired) electrons. The fraction of sp³-hybridized carbons (Fsp3) is 0.300. The van der Waals surface area contributed by atoms with Gasteiger partial charge in [-0.15, -0.1) is 0 Å². The molecule has 5 rings (SSSR count). The topological polar surface area (TPSA) is 44.4 Å². The Hall–Kier alpha value is -3.41. The number of ether oxygens (including phenoxy) is 1. The summed E-state index contributed by atoms with van der Waals surface area (Å²) in [7, 11) is 1.69. The van der Waals surface area contributed by atoms with Crippen molar-refractivity contribution in [3.8, 4) is 17.1 Å². The first kappa shape index (κ1) is 23.3. The Morgan fingerprint density at radius 1 is 0.771 bits per heavy atom. The van der Waals surface area contributed by atoms with Crippen LogP contribution in [0.2, 0.25) is 0 Å². The van der Waals surface area contributed by atoms with Crippen molar-refractivity contribution >= 4 is 0 Å². The molecule has 1 saturated heterocycles. The number of hydrogen-bond donors (Lipinski definition) is 1. The van der Waals surface area contributed by atoms with Crippen molar-refractivity contribution in [2.24, 2.45) is 0 Å². The summed E-state index contributed by atoms with van der Waals surface area (Å²) in [6, 6.07) is 30.4. The van der Waals surface area contributed by atoms with Crippen molar-refractivity contribution in [2.75, 3.05) is 33.3 Å². The number of piperazine rings is 1. The second kappa shape index (κ2) is 10.5. The fourth-order valence-corrected chi connectivity index (χ4v) is 5.21. The van der Waals surface area contributed by atoms with Crippen LogP contribution >= 0.6 is 0 Å². The first-order valence-corrected chi connectivity index (χ1v) is 12.4. The summed E-state index contributed by atoms with van der Waals surface area (Å²) in [5, 5.41) is 0. The summed E-state index contributed by atoms with van der Waals surface area (Å²) in [5.41, 5.74) is 6.05. The summed E-state index contributed by atoms with van der Waals surface area (Å²) >= 11 is 0. The molecule has 35 heavy (non-hydrogen) atoms. The summed E-state index contributed by atoms with van der Waals surface area (Å²) in [4.78, 5) is 13.7. The molecule has 0 aliphatic carbocycles. The van der Waals surface area contributed by atoms with Gasteiger partial charge in [0, 0.05) is 37.4 Å². The van der Waals surface area contributed by atoms with Crippen LogP contribution in [0.15, 0.2) is 84.9 Å². The maximum Gasteiger partial charge on any atom is 0.137 e. The van der Waals surface area contributed by atoms with Crippen LogP contribution in [-0.4, -0.2) is 53.1 Å². The highest BCUT2D eigenvalue weighted by atomic mass is 16.5. The molecule has 0 amide bonds. The lowest BCUT2D eigenvalue weighted by Gasteiger charge is -2.41. The zero-order valence-corrected chi connectivity index (χ0v) is 20.8. The number of benzene rings is 3. The third kappa shape index (κ3) is 5.02. The Morgan fingerprint density at radius 3 is 1.86 bits per heavy atom. The van der Waals surface area contributed by atoms with Crippen molar-refractivity contribution in [1.82, 2.24) is 19.8 Å². The molecule has 0 bridgehead atoms. The first-order chi connectivity index (χ1) is 17.1. The Bertz CT molecular complexity index is 1170. The Labute approximate surface area is 208 Å². The van der Waals surface area contributed by atoms with Crippen LogP contribution in [0.25, 0.3) is 11.4 Å². The van der Waals surface area contributed by atoms with Crippen LogP contribution in [0.4, 0.5) is 0 Å². The minimum absolute atomic E-state index is 0.257. The summed E-state index contributed by atoms with van der Waals surface area (Å²) in [5.74, 6) is 1.77. The number of aryl methyl sites for hydroxylation is 1. The van der Waals surface area contributed by atoms with Gasteiger partial charge in [-0.25, -0.2) is 4.98 Å². The van der Waals surface area contributed by atoms with E-state index in [1.165, 1.54) is 11.1 Å². The number of methoxy groups -OCH3 is 1. The molecule has 3 aromatic carbocycles. The third-order valence-electron chi connectivity index (χ3n) is 7.17. The van der Waals surface area contributed by atoms with E-state index < -0.39 is 0 Å². The number of nitrogens with one attached hydrogen (secondary N) is 1. The SMILES string of the molecule is COc1ccc(-c2nc(C(C)N3CCN(C(c4ccccc4)c4ccccc4)CC3)c(C)[nH]2)cc1. The molecule has 4 aromatic rings. The molecule has 5 nitrogen and oxygen atoms in total. The smallest absolute Gasteiger partial charge is 0.137 e. The highest BCUT2D eigenvalue weighted by Gasteiger charge is 2.29.